The third-order valence-electron chi connectivity index (χ3n) is 3.87. The highest BCUT2D eigenvalue weighted by Crippen LogP contribution is 2.24. The van der Waals surface area contributed by atoms with Crippen LogP contribution in [0.1, 0.15) is 51.5 Å². The zero-order chi connectivity index (χ0) is 13.8. The molecule has 2 rings (SSSR count). The molecule has 2 nitrogen and oxygen atoms in total. The van der Waals surface area contributed by atoms with Gasteiger partial charge in [0.05, 0.1) is 0 Å². The van der Waals surface area contributed by atoms with Crippen LogP contribution in [0.15, 0.2) is 24.3 Å². The maximum Gasteiger partial charge on any atom is 0.170 e. The molecule has 0 amide bonds. The highest BCUT2D eigenvalue weighted by atomic mass is 32.1. The third kappa shape index (κ3) is 4.20. The van der Waals surface area contributed by atoms with Crippen LogP contribution in [0.4, 0.5) is 5.69 Å². The number of nitrogens with one attached hydrogen (secondary N) is 2. The Morgan fingerprint density at radius 2 is 1.89 bits per heavy atom. The summed E-state index contributed by atoms with van der Waals surface area (Å²) in [7, 11) is 0. The molecule has 2 N–H and O–H groups in total. The monoisotopic (exact) mass is 276 g/mol. The molecule has 2 atom stereocenters. The van der Waals surface area contributed by atoms with Crippen molar-refractivity contribution in [2.24, 2.45) is 5.92 Å². The Bertz CT molecular complexity index is 425. The summed E-state index contributed by atoms with van der Waals surface area (Å²) in [5.41, 5.74) is 2.42. The van der Waals surface area contributed by atoms with Gasteiger partial charge in [0.25, 0.3) is 0 Å². The summed E-state index contributed by atoms with van der Waals surface area (Å²) in [6.45, 7) is 6.72. The molecule has 1 fully saturated rings. The Hall–Kier alpha value is -1.09. The van der Waals surface area contributed by atoms with Crippen molar-refractivity contribution in [3.05, 3.63) is 29.8 Å². The van der Waals surface area contributed by atoms with Gasteiger partial charge in [-0.25, -0.2) is 0 Å². The summed E-state index contributed by atoms with van der Waals surface area (Å²) in [6, 6.07) is 9.06. The van der Waals surface area contributed by atoms with Crippen LogP contribution in [0.2, 0.25) is 0 Å². The molecule has 1 saturated carbocycles. The van der Waals surface area contributed by atoms with Crippen molar-refractivity contribution in [1.29, 1.82) is 0 Å². The van der Waals surface area contributed by atoms with Crippen LogP contribution < -0.4 is 10.6 Å². The van der Waals surface area contributed by atoms with Crippen molar-refractivity contribution in [3.8, 4) is 0 Å². The van der Waals surface area contributed by atoms with Crippen LogP contribution in [-0.4, -0.2) is 11.2 Å². The molecule has 3 heteroatoms. The molecule has 0 aliphatic heterocycles. The van der Waals surface area contributed by atoms with E-state index >= 15 is 0 Å². The van der Waals surface area contributed by atoms with E-state index in [-0.39, 0.29) is 0 Å². The summed E-state index contributed by atoms with van der Waals surface area (Å²) in [4.78, 5) is 0. The first kappa shape index (κ1) is 14.3. The molecule has 0 spiro atoms. The number of thiocarbonyl (C=S) groups is 1. The van der Waals surface area contributed by atoms with Crippen molar-refractivity contribution < 1.29 is 0 Å². The number of hydrogen-bond donors (Lipinski definition) is 2. The molecule has 0 aromatic heterocycles. The van der Waals surface area contributed by atoms with Crippen LogP contribution >= 0.6 is 12.2 Å². The fourth-order valence-electron chi connectivity index (χ4n) is 2.64. The molecular weight excluding hydrogens is 252 g/mol. The van der Waals surface area contributed by atoms with Gasteiger partial charge in [0.1, 0.15) is 0 Å². The predicted octanol–water partition coefficient (Wildman–Crippen LogP) is 4.29. The van der Waals surface area contributed by atoms with Crippen LogP contribution in [0.3, 0.4) is 0 Å². The first-order chi connectivity index (χ1) is 9.04. The van der Waals surface area contributed by atoms with E-state index in [0.717, 1.165) is 16.7 Å². The molecule has 1 aliphatic carbocycles. The number of anilines is 1. The average molecular weight is 276 g/mol. The third-order valence-corrected chi connectivity index (χ3v) is 4.09. The van der Waals surface area contributed by atoms with Crippen molar-refractivity contribution in [2.75, 3.05) is 5.32 Å². The normalized spacial score (nSPS) is 22.5. The second-order valence-corrected chi connectivity index (χ2v) is 6.40. The lowest BCUT2D eigenvalue weighted by atomic mass is 10.0. The van der Waals surface area contributed by atoms with E-state index in [1.807, 2.05) is 0 Å². The van der Waals surface area contributed by atoms with Gasteiger partial charge in [-0.15, -0.1) is 0 Å². The van der Waals surface area contributed by atoms with E-state index in [4.69, 9.17) is 12.2 Å². The van der Waals surface area contributed by atoms with Gasteiger partial charge >= 0.3 is 0 Å². The minimum absolute atomic E-state index is 0.546. The maximum atomic E-state index is 5.37. The fourth-order valence-corrected chi connectivity index (χ4v) is 2.93. The topological polar surface area (TPSA) is 24.1 Å². The summed E-state index contributed by atoms with van der Waals surface area (Å²) in [5, 5.41) is 7.43. The lowest BCUT2D eigenvalue weighted by molar-refractivity contribution is 0.572. The largest absolute Gasteiger partial charge is 0.360 e. The summed E-state index contributed by atoms with van der Waals surface area (Å²) in [6.07, 6.45) is 3.77. The van der Waals surface area contributed by atoms with E-state index in [1.165, 1.54) is 24.8 Å². The maximum absolute atomic E-state index is 5.37. The van der Waals surface area contributed by atoms with Gasteiger partial charge in [-0.1, -0.05) is 32.9 Å². The van der Waals surface area contributed by atoms with Crippen LogP contribution in [0.5, 0.6) is 0 Å². The minimum atomic E-state index is 0.546. The van der Waals surface area contributed by atoms with E-state index in [9.17, 15) is 0 Å². The molecule has 1 aliphatic rings. The molecule has 1 aromatic rings. The highest BCUT2D eigenvalue weighted by Gasteiger charge is 2.21. The smallest absolute Gasteiger partial charge is 0.170 e. The van der Waals surface area contributed by atoms with Crippen molar-refractivity contribution >= 4 is 23.0 Å². The summed E-state index contributed by atoms with van der Waals surface area (Å²) in [5.74, 6) is 1.39. The van der Waals surface area contributed by atoms with Gasteiger partial charge in [0, 0.05) is 11.7 Å². The first-order valence-corrected chi connectivity index (χ1v) is 7.63. The standard InChI is InChI=1S/C16H24N2S/c1-11(2)13-5-8-14(9-6-13)17-16(19)18-15-7-4-12(3)10-15/h5-6,8-9,11-12,15H,4,7,10H2,1-3H3,(H2,17,18,19). The van der Waals surface area contributed by atoms with Gasteiger partial charge in [-0.05, 0) is 61.0 Å². The molecule has 1 aromatic carbocycles. The van der Waals surface area contributed by atoms with E-state index in [2.05, 4.69) is 55.7 Å². The Morgan fingerprint density at radius 1 is 1.21 bits per heavy atom. The summed E-state index contributed by atoms with van der Waals surface area (Å²) < 4.78 is 0. The quantitative estimate of drug-likeness (QED) is 0.806. The molecule has 0 radical (unpaired) electrons. The lowest BCUT2D eigenvalue weighted by Gasteiger charge is -2.16. The summed E-state index contributed by atoms with van der Waals surface area (Å²) >= 11 is 5.37. The number of hydrogen-bond acceptors (Lipinski definition) is 1. The average Bonchev–Trinajstić information content (AvgIpc) is 2.75. The Labute approximate surface area is 122 Å². The van der Waals surface area contributed by atoms with Crippen molar-refractivity contribution in [1.82, 2.24) is 5.32 Å². The Morgan fingerprint density at radius 3 is 2.42 bits per heavy atom. The second kappa shape index (κ2) is 6.38. The van der Waals surface area contributed by atoms with E-state index < -0.39 is 0 Å². The van der Waals surface area contributed by atoms with Gasteiger partial charge in [0.15, 0.2) is 5.11 Å². The van der Waals surface area contributed by atoms with Crippen LogP contribution in [0, 0.1) is 5.92 Å². The van der Waals surface area contributed by atoms with E-state index in [0.29, 0.717) is 12.0 Å². The predicted molar refractivity (Wildman–Crippen MR) is 86.7 cm³/mol. The second-order valence-electron chi connectivity index (χ2n) is 5.99. The zero-order valence-corrected chi connectivity index (χ0v) is 12.9. The highest BCUT2D eigenvalue weighted by molar-refractivity contribution is 7.80. The molecule has 104 valence electrons. The fraction of sp³-hybridized carbons (Fsp3) is 0.562. The Balaban J connectivity index is 1.85. The number of rotatable bonds is 3. The van der Waals surface area contributed by atoms with Crippen molar-refractivity contribution in [3.63, 3.8) is 0 Å². The van der Waals surface area contributed by atoms with Crippen molar-refractivity contribution in [2.45, 2.75) is 52.0 Å². The number of benzene rings is 1. The van der Waals surface area contributed by atoms with Gasteiger partial charge in [-0.2, -0.15) is 0 Å². The molecular formula is C16H24N2S. The van der Waals surface area contributed by atoms with E-state index in [1.54, 1.807) is 0 Å². The molecule has 19 heavy (non-hydrogen) atoms. The van der Waals surface area contributed by atoms with Gasteiger partial charge < -0.3 is 10.6 Å². The SMILES string of the molecule is CC1CCC(NC(=S)Nc2ccc(C(C)C)cc2)C1. The van der Waals surface area contributed by atoms with Crippen LogP contribution in [0.25, 0.3) is 0 Å². The molecule has 0 bridgehead atoms. The lowest BCUT2D eigenvalue weighted by Crippen LogP contribution is -2.36. The molecule has 0 heterocycles. The van der Waals surface area contributed by atoms with Gasteiger partial charge in [-0.3, -0.25) is 0 Å². The van der Waals surface area contributed by atoms with Crippen LogP contribution in [-0.2, 0) is 0 Å². The molecule has 0 saturated heterocycles. The van der Waals surface area contributed by atoms with Gasteiger partial charge in [0.2, 0.25) is 0 Å². The molecule has 2 unspecified atom stereocenters. The Kier molecular flexibility index (Phi) is 4.81. The zero-order valence-electron chi connectivity index (χ0n) is 12.1. The minimum Gasteiger partial charge on any atom is -0.360 e. The first-order valence-electron chi connectivity index (χ1n) is 7.22.